The Morgan fingerprint density at radius 3 is 2.27 bits per heavy atom. The third-order valence-corrected chi connectivity index (χ3v) is 5.36. The molecule has 0 amide bonds. The maximum absolute atomic E-state index is 12.4. The summed E-state index contributed by atoms with van der Waals surface area (Å²) in [6.07, 6.45) is 1.54. The number of methoxy groups -OCH3 is 1. The summed E-state index contributed by atoms with van der Waals surface area (Å²) in [5.74, 6) is 0.961. The third kappa shape index (κ3) is 4.25. The van der Waals surface area contributed by atoms with E-state index in [2.05, 4.69) is 15.0 Å². The Morgan fingerprint density at radius 1 is 0.962 bits per heavy atom. The van der Waals surface area contributed by atoms with Crippen molar-refractivity contribution in [2.45, 2.75) is 4.90 Å². The van der Waals surface area contributed by atoms with E-state index in [-0.39, 0.29) is 15.7 Å². The van der Waals surface area contributed by atoms with Crippen molar-refractivity contribution in [1.82, 2.24) is 4.98 Å². The van der Waals surface area contributed by atoms with E-state index in [1.165, 1.54) is 18.3 Å². The maximum Gasteiger partial charge on any atom is 0.264 e. The number of hydrogen-bond donors (Lipinski definition) is 2. The predicted molar refractivity (Wildman–Crippen MR) is 103 cm³/mol. The van der Waals surface area contributed by atoms with E-state index in [1.807, 2.05) is 24.3 Å². The first-order valence-corrected chi connectivity index (χ1v) is 9.48. The largest absolute Gasteiger partial charge is 0.497 e. The molecule has 0 spiro atoms. The molecule has 0 aliphatic heterocycles. The summed E-state index contributed by atoms with van der Waals surface area (Å²) in [5.41, 5.74) is 1.58. The lowest BCUT2D eigenvalue weighted by atomic mass is 10.3. The lowest BCUT2D eigenvalue weighted by molar-refractivity contribution is 0.415. The normalized spacial score (nSPS) is 11.0. The molecule has 0 aliphatic rings. The molecule has 0 unspecified atom stereocenters. The molecule has 0 atom stereocenters. The summed E-state index contributed by atoms with van der Waals surface area (Å²) < 4.78 is 32.3. The van der Waals surface area contributed by atoms with Crippen LogP contribution in [0.1, 0.15) is 0 Å². The fraction of sp³-hybridized carbons (Fsp3) is 0.0556. The van der Waals surface area contributed by atoms with Crippen molar-refractivity contribution in [3.8, 4) is 5.75 Å². The van der Waals surface area contributed by atoms with E-state index in [4.69, 9.17) is 16.3 Å². The van der Waals surface area contributed by atoms with Gasteiger partial charge in [-0.25, -0.2) is 13.4 Å². The number of rotatable bonds is 6. The Labute approximate surface area is 156 Å². The van der Waals surface area contributed by atoms with E-state index in [9.17, 15) is 8.42 Å². The van der Waals surface area contributed by atoms with Crippen LogP contribution in [0.3, 0.4) is 0 Å². The molecule has 3 aromatic rings. The number of nitrogens with zero attached hydrogens (tertiary/aromatic N) is 1. The van der Waals surface area contributed by atoms with Crippen LogP contribution in [0.2, 0.25) is 5.02 Å². The van der Waals surface area contributed by atoms with Crippen LogP contribution in [0.25, 0.3) is 0 Å². The number of nitrogens with one attached hydrogen (secondary N) is 2. The smallest absolute Gasteiger partial charge is 0.264 e. The number of hydrogen-bond acceptors (Lipinski definition) is 5. The first-order chi connectivity index (χ1) is 12.5. The fourth-order valence-electron chi connectivity index (χ4n) is 2.22. The van der Waals surface area contributed by atoms with Crippen LogP contribution in [0.5, 0.6) is 5.75 Å². The maximum atomic E-state index is 12.4. The van der Waals surface area contributed by atoms with Gasteiger partial charge in [0.05, 0.1) is 24.0 Å². The Balaban J connectivity index is 1.72. The van der Waals surface area contributed by atoms with E-state index in [1.54, 1.807) is 31.4 Å². The molecule has 26 heavy (non-hydrogen) atoms. The number of benzene rings is 2. The number of sulfonamides is 1. The first kappa shape index (κ1) is 18.0. The van der Waals surface area contributed by atoms with Gasteiger partial charge in [0.25, 0.3) is 10.0 Å². The van der Waals surface area contributed by atoms with Gasteiger partial charge in [-0.1, -0.05) is 23.7 Å². The topological polar surface area (TPSA) is 80.3 Å². The fourth-order valence-corrected chi connectivity index (χ4v) is 3.75. The van der Waals surface area contributed by atoms with Gasteiger partial charge in [0.2, 0.25) is 0 Å². The summed E-state index contributed by atoms with van der Waals surface area (Å²) in [6, 6.07) is 16.9. The molecule has 0 radical (unpaired) electrons. The first-order valence-electron chi connectivity index (χ1n) is 7.62. The van der Waals surface area contributed by atoms with Gasteiger partial charge in [0.1, 0.15) is 16.5 Å². The molecule has 8 heteroatoms. The molecule has 0 saturated carbocycles. The van der Waals surface area contributed by atoms with Crippen molar-refractivity contribution in [3.05, 3.63) is 71.9 Å². The van der Waals surface area contributed by atoms with Crippen LogP contribution < -0.4 is 14.8 Å². The molecule has 0 bridgehead atoms. The number of ether oxygens (including phenoxy) is 1. The van der Waals surface area contributed by atoms with Crippen molar-refractivity contribution < 1.29 is 13.2 Å². The van der Waals surface area contributed by atoms with E-state index >= 15 is 0 Å². The lowest BCUT2D eigenvalue weighted by Crippen LogP contribution is -2.14. The highest BCUT2D eigenvalue weighted by Crippen LogP contribution is 2.24. The minimum Gasteiger partial charge on any atom is -0.497 e. The van der Waals surface area contributed by atoms with Crippen molar-refractivity contribution >= 4 is 38.8 Å². The minimum absolute atomic E-state index is 0.00361. The highest BCUT2D eigenvalue weighted by Gasteiger charge is 2.17. The van der Waals surface area contributed by atoms with Crippen molar-refractivity contribution in [3.63, 3.8) is 0 Å². The second-order valence-electron chi connectivity index (χ2n) is 5.32. The predicted octanol–water partition coefficient (Wildman–Crippen LogP) is 4.29. The molecule has 2 aromatic carbocycles. The number of aromatic nitrogens is 1. The molecular formula is C18H16ClN3O3S. The average molecular weight is 390 g/mol. The molecule has 6 nitrogen and oxygen atoms in total. The van der Waals surface area contributed by atoms with Gasteiger partial charge in [-0.15, -0.1) is 0 Å². The van der Waals surface area contributed by atoms with E-state index in [0.29, 0.717) is 0 Å². The monoisotopic (exact) mass is 389 g/mol. The second kappa shape index (κ2) is 7.63. The van der Waals surface area contributed by atoms with Gasteiger partial charge in [-0.3, -0.25) is 4.72 Å². The van der Waals surface area contributed by atoms with Crippen molar-refractivity contribution in [1.29, 1.82) is 0 Å². The van der Waals surface area contributed by atoms with Gasteiger partial charge in [-0.05, 0) is 48.5 Å². The molecule has 2 N–H and O–H groups in total. The van der Waals surface area contributed by atoms with Crippen LogP contribution >= 0.6 is 11.6 Å². The van der Waals surface area contributed by atoms with Gasteiger partial charge in [-0.2, -0.15) is 0 Å². The molecule has 0 aliphatic carbocycles. The highest BCUT2D eigenvalue weighted by atomic mass is 35.5. The zero-order chi connectivity index (χ0) is 18.6. The van der Waals surface area contributed by atoms with Crippen molar-refractivity contribution in [2.75, 3.05) is 17.1 Å². The Kier molecular flexibility index (Phi) is 5.29. The van der Waals surface area contributed by atoms with Crippen LogP contribution in [0.4, 0.5) is 17.2 Å². The molecule has 0 fully saturated rings. The minimum atomic E-state index is -3.80. The Morgan fingerprint density at radius 2 is 1.65 bits per heavy atom. The quantitative estimate of drug-likeness (QED) is 0.657. The summed E-state index contributed by atoms with van der Waals surface area (Å²) >= 11 is 5.95. The van der Waals surface area contributed by atoms with Crippen molar-refractivity contribution in [2.24, 2.45) is 0 Å². The van der Waals surface area contributed by atoms with Gasteiger partial charge in [0, 0.05) is 5.69 Å². The van der Waals surface area contributed by atoms with Gasteiger partial charge < -0.3 is 10.1 Å². The van der Waals surface area contributed by atoms with Gasteiger partial charge >= 0.3 is 0 Å². The van der Waals surface area contributed by atoms with Gasteiger partial charge in [0.15, 0.2) is 0 Å². The molecule has 1 aromatic heterocycles. The van der Waals surface area contributed by atoms with E-state index < -0.39 is 10.0 Å². The third-order valence-electron chi connectivity index (χ3n) is 3.51. The number of halogens is 1. The molecule has 1 heterocycles. The SMILES string of the molecule is COc1ccc(Nc2ccc(NS(=O)(=O)c3ccccc3Cl)nc2)cc1. The zero-order valence-electron chi connectivity index (χ0n) is 13.8. The number of anilines is 3. The lowest BCUT2D eigenvalue weighted by Gasteiger charge is -2.10. The second-order valence-corrected chi connectivity index (χ2v) is 7.38. The Hall–Kier alpha value is -2.77. The van der Waals surface area contributed by atoms with E-state index in [0.717, 1.165) is 17.1 Å². The highest BCUT2D eigenvalue weighted by molar-refractivity contribution is 7.92. The molecule has 134 valence electrons. The number of pyridine rings is 1. The Bertz CT molecular complexity index is 991. The summed E-state index contributed by atoms with van der Waals surface area (Å²) in [7, 11) is -2.20. The average Bonchev–Trinajstić information content (AvgIpc) is 2.64. The molecule has 3 rings (SSSR count). The summed E-state index contributed by atoms with van der Waals surface area (Å²) in [5, 5.41) is 3.32. The summed E-state index contributed by atoms with van der Waals surface area (Å²) in [6.45, 7) is 0. The summed E-state index contributed by atoms with van der Waals surface area (Å²) in [4.78, 5) is 4.13. The molecule has 0 saturated heterocycles. The van der Waals surface area contributed by atoms with Crippen LogP contribution in [0, 0.1) is 0 Å². The standard InChI is InChI=1S/C18H16ClN3O3S/c1-25-15-9-6-13(7-10-15)21-14-8-11-18(20-12-14)22-26(23,24)17-5-3-2-4-16(17)19/h2-12,21H,1H3,(H,20,22). The van der Waals surface area contributed by atoms with Crippen LogP contribution in [-0.2, 0) is 10.0 Å². The van der Waals surface area contributed by atoms with Crippen LogP contribution in [0.15, 0.2) is 71.8 Å². The van der Waals surface area contributed by atoms with Crippen LogP contribution in [-0.4, -0.2) is 20.5 Å². The zero-order valence-corrected chi connectivity index (χ0v) is 15.4. The molecular weight excluding hydrogens is 374 g/mol.